The number of nitrogens with zero attached hydrogens (tertiary/aromatic N) is 4. The minimum absolute atomic E-state index is 0.108. The summed E-state index contributed by atoms with van der Waals surface area (Å²) in [7, 11) is 0. The van der Waals surface area contributed by atoms with Crippen molar-refractivity contribution in [3.05, 3.63) is 83.6 Å². The molecular formula is C21H16BrN5OS. The van der Waals surface area contributed by atoms with Crippen molar-refractivity contribution >= 4 is 39.3 Å². The summed E-state index contributed by atoms with van der Waals surface area (Å²) in [5.41, 5.74) is 2.53. The number of halogens is 1. The number of pyridine rings is 1. The number of rotatable bonds is 6. The van der Waals surface area contributed by atoms with Crippen LogP contribution in [-0.2, 0) is 4.79 Å². The second-order valence-electron chi connectivity index (χ2n) is 6.06. The van der Waals surface area contributed by atoms with Gasteiger partial charge in [-0.05, 0) is 48.5 Å². The molecule has 8 heteroatoms. The Morgan fingerprint density at radius 1 is 1.00 bits per heavy atom. The highest BCUT2D eigenvalue weighted by Gasteiger charge is 2.17. The first-order chi connectivity index (χ1) is 14.2. The molecule has 4 rings (SSSR count). The summed E-state index contributed by atoms with van der Waals surface area (Å²) >= 11 is 4.72. The molecule has 0 bridgehead atoms. The van der Waals surface area contributed by atoms with E-state index >= 15 is 0 Å². The summed E-state index contributed by atoms with van der Waals surface area (Å²) < 4.78 is 2.90. The van der Waals surface area contributed by atoms with Crippen LogP contribution in [0.4, 0.5) is 5.69 Å². The second-order valence-corrected chi connectivity index (χ2v) is 7.92. The number of aromatic nitrogens is 4. The van der Waals surface area contributed by atoms with Gasteiger partial charge >= 0.3 is 0 Å². The number of para-hydroxylation sites is 1. The number of carbonyl (C=O) groups excluding carboxylic acids is 1. The summed E-state index contributed by atoms with van der Waals surface area (Å²) in [6.07, 6.45) is 3.47. The molecule has 0 unspecified atom stereocenters. The third-order valence-electron chi connectivity index (χ3n) is 4.03. The zero-order chi connectivity index (χ0) is 20.1. The standard InChI is InChI=1S/C21H16BrN5OS/c22-16-8-10-17(11-9-16)24-19(28)14-29-21-26-25-20(15-5-4-12-23-13-15)27(21)18-6-2-1-3-7-18/h1-13H,14H2,(H,24,28). The fourth-order valence-electron chi connectivity index (χ4n) is 2.72. The Balaban J connectivity index is 1.56. The van der Waals surface area contributed by atoms with Gasteiger partial charge in [-0.15, -0.1) is 10.2 Å². The van der Waals surface area contributed by atoms with Crippen molar-refractivity contribution in [1.29, 1.82) is 0 Å². The van der Waals surface area contributed by atoms with Crippen LogP contribution in [0.5, 0.6) is 0 Å². The number of amides is 1. The van der Waals surface area contributed by atoms with E-state index in [1.165, 1.54) is 11.8 Å². The number of anilines is 1. The van der Waals surface area contributed by atoms with Crippen molar-refractivity contribution in [2.75, 3.05) is 11.1 Å². The number of thioether (sulfide) groups is 1. The van der Waals surface area contributed by atoms with Crippen molar-refractivity contribution in [2.45, 2.75) is 5.16 Å². The van der Waals surface area contributed by atoms with Crippen molar-refractivity contribution in [3.8, 4) is 17.1 Å². The predicted octanol–water partition coefficient (Wildman–Crippen LogP) is 4.82. The van der Waals surface area contributed by atoms with E-state index in [0.717, 1.165) is 21.4 Å². The molecule has 0 fully saturated rings. The topological polar surface area (TPSA) is 72.7 Å². The van der Waals surface area contributed by atoms with E-state index in [2.05, 4.69) is 36.4 Å². The van der Waals surface area contributed by atoms with Crippen LogP contribution in [0.25, 0.3) is 17.1 Å². The molecule has 0 spiro atoms. The second kappa shape index (κ2) is 9.02. The van der Waals surface area contributed by atoms with Crippen molar-refractivity contribution in [2.24, 2.45) is 0 Å². The van der Waals surface area contributed by atoms with Crippen molar-refractivity contribution in [3.63, 3.8) is 0 Å². The molecule has 6 nitrogen and oxygen atoms in total. The average Bonchev–Trinajstić information content (AvgIpc) is 3.19. The third kappa shape index (κ3) is 4.72. The molecule has 0 aliphatic carbocycles. The van der Waals surface area contributed by atoms with Crippen molar-refractivity contribution in [1.82, 2.24) is 19.7 Å². The quantitative estimate of drug-likeness (QED) is 0.413. The monoisotopic (exact) mass is 465 g/mol. The maximum atomic E-state index is 12.4. The van der Waals surface area contributed by atoms with Crippen LogP contribution in [0.2, 0.25) is 0 Å². The smallest absolute Gasteiger partial charge is 0.234 e. The first-order valence-electron chi connectivity index (χ1n) is 8.80. The molecule has 0 saturated carbocycles. The number of carbonyl (C=O) groups is 1. The van der Waals surface area contributed by atoms with E-state index in [-0.39, 0.29) is 11.7 Å². The zero-order valence-corrected chi connectivity index (χ0v) is 17.6. The van der Waals surface area contributed by atoms with Crippen LogP contribution in [0, 0.1) is 0 Å². The third-order valence-corrected chi connectivity index (χ3v) is 5.49. The fraction of sp³-hybridized carbons (Fsp3) is 0.0476. The minimum atomic E-state index is -0.108. The van der Waals surface area contributed by atoms with Gasteiger partial charge in [0.15, 0.2) is 11.0 Å². The molecule has 2 aromatic heterocycles. The summed E-state index contributed by atoms with van der Waals surface area (Å²) in [4.78, 5) is 16.6. The van der Waals surface area contributed by atoms with E-state index < -0.39 is 0 Å². The Hall–Kier alpha value is -2.97. The van der Waals surface area contributed by atoms with Crippen LogP contribution >= 0.6 is 27.7 Å². The van der Waals surface area contributed by atoms with Gasteiger partial charge in [-0.2, -0.15) is 0 Å². The molecule has 2 aromatic carbocycles. The highest BCUT2D eigenvalue weighted by molar-refractivity contribution is 9.10. The lowest BCUT2D eigenvalue weighted by molar-refractivity contribution is -0.113. The number of nitrogens with one attached hydrogen (secondary N) is 1. The first-order valence-corrected chi connectivity index (χ1v) is 10.6. The van der Waals surface area contributed by atoms with E-state index in [0.29, 0.717) is 11.0 Å². The molecule has 0 atom stereocenters. The fourth-order valence-corrected chi connectivity index (χ4v) is 3.73. The lowest BCUT2D eigenvalue weighted by Crippen LogP contribution is -2.14. The van der Waals surface area contributed by atoms with Crippen LogP contribution in [-0.4, -0.2) is 31.4 Å². The summed E-state index contributed by atoms with van der Waals surface area (Å²) in [6, 6.07) is 21.1. The lowest BCUT2D eigenvalue weighted by atomic mass is 10.2. The van der Waals surface area contributed by atoms with Gasteiger partial charge in [0.2, 0.25) is 5.91 Å². The molecular weight excluding hydrogens is 450 g/mol. The van der Waals surface area contributed by atoms with Gasteiger partial charge in [0.25, 0.3) is 0 Å². The normalized spacial score (nSPS) is 10.7. The Bertz CT molecular complexity index is 1100. The van der Waals surface area contributed by atoms with Crippen LogP contribution in [0.3, 0.4) is 0 Å². The van der Waals surface area contributed by atoms with Crippen LogP contribution < -0.4 is 5.32 Å². The van der Waals surface area contributed by atoms with Gasteiger partial charge in [-0.25, -0.2) is 0 Å². The van der Waals surface area contributed by atoms with Gasteiger partial charge in [0, 0.05) is 33.8 Å². The van der Waals surface area contributed by atoms with E-state index in [1.54, 1.807) is 12.4 Å². The number of benzene rings is 2. The van der Waals surface area contributed by atoms with Crippen LogP contribution in [0.1, 0.15) is 0 Å². The molecule has 2 heterocycles. The van der Waals surface area contributed by atoms with E-state index in [1.807, 2.05) is 71.3 Å². The maximum absolute atomic E-state index is 12.4. The van der Waals surface area contributed by atoms with Crippen molar-refractivity contribution < 1.29 is 4.79 Å². The number of hydrogen-bond donors (Lipinski definition) is 1. The average molecular weight is 466 g/mol. The SMILES string of the molecule is O=C(CSc1nnc(-c2cccnc2)n1-c1ccccc1)Nc1ccc(Br)cc1. The van der Waals surface area contributed by atoms with Gasteiger partial charge in [-0.3, -0.25) is 14.3 Å². The summed E-state index contributed by atoms with van der Waals surface area (Å²) in [5.74, 6) is 0.789. The van der Waals surface area contributed by atoms with Gasteiger partial charge in [-0.1, -0.05) is 45.9 Å². The molecule has 29 heavy (non-hydrogen) atoms. The van der Waals surface area contributed by atoms with E-state index in [4.69, 9.17) is 0 Å². The van der Waals surface area contributed by atoms with Gasteiger partial charge in [0.1, 0.15) is 0 Å². The molecule has 0 saturated heterocycles. The largest absolute Gasteiger partial charge is 0.325 e. The molecule has 1 N–H and O–H groups in total. The summed E-state index contributed by atoms with van der Waals surface area (Å²) in [6.45, 7) is 0. The van der Waals surface area contributed by atoms with Gasteiger partial charge < -0.3 is 5.32 Å². The predicted molar refractivity (Wildman–Crippen MR) is 118 cm³/mol. The molecule has 0 radical (unpaired) electrons. The Morgan fingerprint density at radius 3 is 2.52 bits per heavy atom. The van der Waals surface area contributed by atoms with Gasteiger partial charge in [0.05, 0.1) is 5.75 Å². The van der Waals surface area contributed by atoms with E-state index in [9.17, 15) is 4.79 Å². The van der Waals surface area contributed by atoms with Crippen LogP contribution in [0.15, 0.2) is 88.8 Å². The maximum Gasteiger partial charge on any atom is 0.234 e. The first kappa shape index (κ1) is 19.4. The Labute approximate surface area is 180 Å². The molecule has 144 valence electrons. The summed E-state index contributed by atoms with van der Waals surface area (Å²) in [5, 5.41) is 12.2. The highest BCUT2D eigenvalue weighted by atomic mass is 79.9. The highest BCUT2D eigenvalue weighted by Crippen LogP contribution is 2.27. The Morgan fingerprint density at radius 2 is 1.79 bits per heavy atom. The Kier molecular flexibility index (Phi) is 6.02. The molecule has 1 amide bonds. The number of hydrogen-bond acceptors (Lipinski definition) is 5. The molecule has 4 aromatic rings. The molecule has 0 aliphatic rings. The zero-order valence-electron chi connectivity index (χ0n) is 15.2. The minimum Gasteiger partial charge on any atom is -0.325 e. The molecule has 0 aliphatic heterocycles. The lowest BCUT2D eigenvalue weighted by Gasteiger charge is -2.10.